The molecule has 1 amide bonds. The van der Waals surface area contributed by atoms with Crippen LogP contribution in [0.1, 0.15) is 27.1 Å². The summed E-state index contributed by atoms with van der Waals surface area (Å²) in [5, 5.41) is 0. The summed E-state index contributed by atoms with van der Waals surface area (Å²) in [6.45, 7) is 0.235. The van der Waals surface area contributed by atoms with Gasteiger partial charge in [-0.1, -0.05) is 18.2 Å². The van der Waals surface area contributed by atoms with Crippen molar-refractivity contribution in [2.45, 2.75) is 18.6 Å². The summed E-state index contributed by atoms with van der Waals surface area (Å²) in [6.07, 6.45) is -0.108. The number of nitrogens with zero attached hydrogens (tertiary/aromatic N) is 1. The predicted octanol–water partition coefficient (Wildman–Crippen LogP) is 3.07. The molecule has 0 radical (unpaired) electrons. The number of benzene rings is 2. The van der Waals surface area contributed by atoms with E-state index in [9.17, 15) is 14.4 Å². The second kappa shape index (κ2) is 9.09. The van der Waals surface area contributed by atoms with Gasteiger partial charge in [-0.3, -0.25) is 4.79 Å². The van der Waals surface area contributed by atoms with Crippen LogP contribution in [-0.4, -0.2) is 55.7 Å². The van der Waals surface area contributed by atoms with Gasteiger partial charge in [0.25, 0.3) is 5.91 Å². The van der Waals surface area contributed by atoms with E-state index in [0.29, 0.717) is 27.8 Å². The van der Waals surface area contributed by atoms with Gasteiger partial charge < -0.3 is 19.1 Å². The number of hydrogen-bond donors (Lipinski definition) is 0. The number of ether oxygens (including phenoxy) is 3. The summed E-state index contributed by atoms with van der Waals surface area (Å²) >= 11 is 3.39. The molecule has 1 aliphatic rings. The largest absolute Gasteiger partial charge is 0.487 e. The Morgan fingerprint density at radius 2 is 1.72 bits per heavy atom. The zero-order valence-corrected chi connectivity index (χ0v) is 17.5. The highest BCUT2D eigenvalue weighted by molar-refractivity contribution is 9.10. The average Bonchev–Trinajstić information content (AvgIpc) is 3.17. The first-order valence-electron chi connectivity index (χ1n) is 8.93. The van der Waals surface area contributed by atoms with E-state index in [4.69, 9.17) is 14.2 Å². The number of likely N-dealkylation sites (tertiary alicyclic amines) is 1. The lowest BCUT2D eigenvalue weighted by Crippen LogP contribution is -2.41. The van der Waals surface area contributed by atoms with Crippen LogP contribution in [-0.2, 0) is 14.3 Å². The zero-order valence-electron chi connectivity index (χ0n) is 16.0. The first kappa shape index (κ1) is 20.9. The Labute approximate surface area is 176 Å². The van der Waals surface area contributed by atoms with E-state index in [1.54, 1.807) is 42.5 Å². The van der Waals surface area contributed by atoms with Crippen molar-refractivity contribution in [3.8, 4) is 5.75 Å². The van der Waals surface area contributed by atoms with Crippen LogP contribution in [0, 0.1) is 0 Å². The molecule has 2 aromatic carbocycles. The van der Waals surface area contributed by atoms with Gasteiger partial charge in [0, 0.05) is 12.0 Å². The van der Waals surface area contributed by atoms with Crippen molar-refractivity contribution in [2.75, 3.05) is 20.8 Å². The van der Waals surface area contributed by atoms with Gasteiger partial charge in [-0.25, -0.2) is 9.59 Å². The minimum atomic E-state index is -0.731. The van der Waals surface area contributed by atoms with Crippen LogP contribution in [0.5, 0.6) is 5.75 Å². The number of methoxy groups -OCH3 is 2. The van der Waals surface area contributed by atoms with Crippen LogP contribution in [0.4, 0.5) is 0 Å². The molecule has 7 nitrogen and oxygen atoms in total. The molecule has 0 bridgehead atoms. The van der Waals surface area contributed by atoms with Crippen molar-refractivity contribution in [3.63, 3.8) is 0 Å². The maximum Gasteiger partial charge on any atom is 0.337 e. The molecular weight excluding hydrogens is 442 g/mol. The van der Waals surface area contributed by atoms with Gasteiger partial charge in [-0.05, 0) is 46.3 Å². The van der Waals surface area contributed by atoms with E-state index >= 15 is 0 Å². The van der Waals surface area contributed by atoms with Crippen molar-refractivity contribution in [2.24, 2.45) is 0 Å². The molecule has 0 saturated carbocycles. The summed E-state index contributed by atoms with van der Waals surface area (Å²) in [7, 11) is 2.61. The molecule has 0 spiro atoms. The van der Waals surface area contributed by atoms with Crippen LogP contribution in [0.25, 0.3) is 0 Å². The van der Waals surface area contributed by atoms with Gasteiger partial charge in [0.1, 0.15) is 17.9 Å². The third-order valence-electron chi connectivity index (χ3n) is 4.66. The van der Waals surface area contributed by atoms with Crippen molar-refractivity contribution < 1.29 is 28.6 Å². The highest BCUT2D eigenvalue weighted by Crippen LogP contribution is 2.31. The Hall–Kier alpha value is -2.87. The number of halogens is 1. The standard InChI is InChI=1S/C21H20BrNO6/c1-27-20(25)14-8-9-18(16(22)10-14)29-15-11-17(21(26)28-2)23(12-15)19(24)13-6-4-3-5-7-13/h3-10,15,17H,11-12H2,1-2H3. The van der Waals surface area contributed by atoms with Crippen LogP contribution in [0.2, 0.25) is 0 Å². The number of hydrogen-bond acceptors (Lipinski definition) is 6. The number of amides is 1. The Morgan fingerprint density at radius 3 is 2.34 bits per heavy atom. The van der Waals surface area contributed by atoms with Crippen LogP contribution < -0.4 is 4.74 Å². The SMILES string of the molecule is COC(=O)c1ccc(OC2CC(C(=O)OC)N(C(=O)c3ccccc3)C2)c(Br)c1. The van der Waals surface area contributed by atoms with Gasteiger partial charge in [0.15, 0.2) is 0 Å². The molecule has 0 N–H and O–H groups in total. The third kappa shape index (κ3) is 4.59. The lowest BCUT2D eigenvalue weighted by molar-refractivity contribution is -0.145. The van der Waals surface area contributed by atoms with E-state index < -0.39 is 24.1 Å². The summed E-state index contributed by atoms with van der Waals surface area (Å²) < 4.78 is 16.2. The fourth-order valence-electron chi connectivity index (χ4n) is 3.23. The monoisotopic (exact) mass is 461 g/mol. The quantitative estimate of drug-likeness (QED) is 0.636. The molecule has 152 valence electrons. The lowest BCUT2D eigenvalue weighted by Gasteiger charge is -2.22. The van der Waals surface area contributed by atoms with Crippen molar-refractivity contribution in [3.05, 3.63) is 64.1 Å². The van der Waals surface area contributed by atoms with Crippen LogP contribution in [0.3, 0.4) is 0 Å². The topological polar surface area (TPSA) is 82.1 Å². The first-order valence-corrected chi connectivity index (χ1v) is 9.72. The molecule has 29 heavy (non-hydrogen) atoms. The molecule has 0 aliphatic carbocycles. The Morgan fingerprint density at radius 1 is 1.00 bits per heavy atom. The Kier molecular flexibility index (Phi) is 6.53. The maximum absolute atomic E-state index is 12.9. The lowest BCUT2D eigenvalue weighted by atomic mass is 10.1. The summed E-state index contributed by atoms with van der Waals surface area (Å²) in [6, 6.07) is 12.9. The van der Waals surface area contributed by atoms with Gasteiger partial charge in [-0.2, -0.15) is 0 Å². The van der Waals surface area contributed by atoms with E-state index in [1.165, 1.54) is 19.1 Å². The van der Waals surface area contributed by atoms with E-state index in [-0.39, 0.29) is 12.5 Å². The minimum absolute atomic E-state index is 0.235. The smallest absolute Gasteiger partial charge is 0.337 e. The van der Waals surface area contributed by atoms with Gasteiger partial charge >= 0.3 is 11.9 Å². The van der Waals surface area contributed by atoms with Gasteiger partial charge in [0.05, 0.1) is 30.8 Å². The van der Waals surface area contributed by atoms with Crippen molar-refractivity contribution in [1.29, 1.82) is 0 Å². The van der Waals surface area contributed by atoms with E-state index in [0.717, 1.165) is 0 Å². The Bertz CT molecular complexity index is 917. The molecule has 1 aliphatic heterocycles. The van der Waals surface area contributed by atoms with E-state index in [2.05, 4.69) is 15.9 Å². The average molecular weight is 462 g/mol. The molecule has 2 atom stereocenters. The zero-order chi connectivity index (χ0) is 21.0. The molecule has 1 heterocycles. The molecule has 3 rings (SSSR count). The fraction of sp³-hybridized carbons (Fsp3) is 0.286. The second-order valence-corrected chi connectivity index (χ2v) is 7.33. The summed E-state index contributed by atoms with van der Waals surface area (Å²) in [5.74, 6) is -0.698. The molecule has 8 heteroatoms. The highest BCUT2D eigenvalue weighted by Gasteiger charge is 2.41. The summed E-state index contributed by atoms with van der Waals surface area (Å²) in [4.78, 5) is 38.3. The van der Waals surface area contributed by atoms with Gasteiger partial charge in [-0.15, -0.1) is 0 Å². The minimum Gasteiger partial charge on any atom is -0.487 e. The predicted molar refractivity (Wildman–Crippen MR) is 108 cm³/mol. The number of carbonyl (C=O) groups excluding carboxylic acids is 3. The van der Waals surface area contributed by atoms with Crippen LogP contribution in [0.15, 0.2) is 53.0 Å². The first-order chi connectivity index (χ1) is 13.9. The number of esters is 2. The highest BCUT2D eigenvalue weighted by atomic mass is 79.9. The molecule has 2 aromatic rings. The van der Waals surface area contributed by atoms with E-state index in [1.807, 2.05) is 6.07 Å². The van der Waals surface area contributed by atoms with Crippen molar-refractivity contribution in [1.82, 2.24) is 4.90 Å². The molecule has 0 aromatic heterocycles. The van der Waals surface area contributed by atoms with Crippen LogP contribution >= 0.6 is 15.9 Å². The van der Waals surface area contributed by atoms with Gasteiger partial charge in [0.2, 0.25) is 0 Å². The van der Waals surface area contributed by atoms with Crippen molar-refractivity contribution >= 4 is 33.8 Å². The maximum atomic E-state index is 12.9. The number of carbonyl (C=O) groups is 3. The third-order valence-corrected chi connectivity index (χ3v) is 5.28. The Balaban J connectivity index is 1.78. The fourth-order valence-corrected chi connectivity index (χ4v) is 3.71. The second-order valence-electron chi connectivity index (χ2n) is 6.47. The normalized spacial score (nSPS) is 18.2. The molecule has 1 fully saturated rings. The molecular formula is C21H20BrNO6. The number of rotatable bonds is 5. The molecule has 2 unspecified atom stereocenters. The molecule has 1 saturated heterocycles. The summed E-state index contributed by atoms with van der Waals surface area (Å²) in [5.41, 5.74) is 0.872.